The van der Waals surface area contributed by atoms with Gasteiger partial charge in [-0.1, -0.05) is 19.8 Å². The molecule has 0 saturated heterocycles. The molecule has 0 aliphatic rings. The van der Waals surface area contributed by atoms with Gasteiger partial charge < -0.3 is 15.6 Å². The van der Waals surface area contributed by atoms with Crippen molar-refractivity contribution in [1.29, 1.82) is 0 Å². The topological polar surface area (TPSA) is 72.5 Å². The fourth-order valence-electron chi connectivity index (χ4n) is 1.24. The summed E-state index contributed by atoms with van der Waals surface area (Å²) in [6, 6.07) is -2.12. The van der Waals surface area contributed by atoms with Crippen molar-refractivity contribution in [2.45, 2.75) is 44.0 Å². The fraction of sp³-hybridized carbons (Fsp3) is 0.889. The van der Waals surface area contributed by atoms with Gasteiger partial charge in [-0.3, -0.25) is 4.79 Å². The highest BCUT2D eigenvalue weighted by molar-refractivity contribution is 5.77. The molecule has 0 aliphatic carbocycles. The van der Waals surface area contributed by atoms with E-state index in [0.717, 1.165) is 7.11 Å². The van der Waals surface area contributed by atoms with Crippen molar-refractivity contribution >= 4 is 5.97 Å². The summed E-state index contributed by atoms with van der Waals surface area (Å²) in [6.07, 6.45) is -5.02. The van der Waals surface area contributed by atoms with E-state index in [9.17, 15) is 23.1 Å². The second-order valence-corrected chi connectivity index (χ2v) is 3.53. The Morgan fingerprint density at radius 2 is 2.00 bits per heavy atom. The highest BCUT2D eigenvalue weighted by Crippen LogP contribution is 2.36. The zero-order chi connectivity index (χ0) is 13.0. The number of rotatable bonds is 5. The first-order chi connectivity index (χ1) is 7.20. The van der Waals surface area contributed by atoms with Crippen molar-refractivity contribution in [3.05, 3.63) is 0 Å². The third kappa shape index (κ3) is 3.08. The number of halogens is 3. The monoisotopic (exact) mass is 243 g/mol. The fourth-order valence-corrected chi connectivity index (χ4v) is 1.24. The van der Waals surface area contributed by atoms with Crippen LogP contribution in [0.3, 0.4) is 0 Å². The molecule has 16 heavy (non-hydrogen) atoms. The van der Waals surface area contributed by atoms with Crippen LogP contribution in [0.4, 0.5) is 13.2 Å². The molecule has 0 spiro atoms. The first-order valence-electron chi connectivity index (χ1n) is 4.83. The number of aliphatic hydroxyl groups is 1. The van der Waals surface area contributed by atoms with Gasteiger partial charge in [0.25, 0.3) is 0 Å². The highest BCUT2D eigenvalue weighted by Gasteiger charge is 2.59. The lowest BCUT2D eigenvalue weighted by molar-refractivity contribution is -0.270. The SMILES string of the molecule is CCCC[C@](O)([C@@H](N)C(=O)OC)C(F)(F)F. The molecule has 7 heteroatoms. The largest absolute Gasteiger partial charge is 0.468 e. The molecular weight excluding hydrogens is 227 g/mol. The number of esters is 1. The van der Waals surface area contributed by atoms with E-state index in [-0.39, 0.29) is 6.42 Å². The van der Waals surface area contributed by atoms with Crippen LogP contribution >= 0.6 is 0 Å². The molecule has 2 atom stereocenters. The first kappa shape index (κ1) is 15.2. The van der Waals surface area contributed by atoms with E-state index >= 15 is 0 Å². The summed E-state index contributed by atoms with van der Waals surface area (Å²) in [7, 11) is 0.915. The number of carbonyl (C=O) groups excluding carboxylic acids is 1. The normalized spacial score (nSPS) is 17.7. The van der Waals surface area contributed by atoms with Crippen molar-refractivity contribution in [2.24, 2.45) is 5.73 Å². The molecule has 0 heterocycles. The molecule has 3 N–H and O–H groups in total. The summed E-state index contributed by atoms with van der Waals surface area (Å²) < 4.78 is 42.0. The highest BCUT2D eigenvalue weighted by atomic mass is 19.4. The second-order valence-electron chi connectivity index (χ2n) is 3.53. The summed E-state index contributed by atoms with van der Waals surface area (Å²) >= 11 is 0. The molecular formula is C9H16F3NO3. The quantitative estimate of drug-likeness (QED) is 0.706. The maximum absolute atomic E-state index is 12.6. The van der Waals surface area contributed by atoms with Gasteiger partial charge in [0, 0.05) is 0 Å². The summed E-state index contributed by atoms with van der Waals surface area (Å²) in [6.45, 7) is 1.67. The number of hydrogen-bond donors (Lipinski definition) is 2. The minimum atomic E-state index is -4.96. The number of nitrogens with two attached hydrogens (primary N) is 1. The second kappa shape index (κ2) is 5.49. The van der Waals surface area contributed by atoms with Crippen molar-refractivity contribution in [1.82, 2.24) is 0 Å². The Bertz CT molecular complexity index is 245. The summed E-state index contributed by atoms with van der Waals surface area (Å²) in [5, 5.41) is 9.50. The predicted molar refractivity (Wildman–Crippen MR) is 50.5 cm³/mol. The molecule has 0 amide bonds. The van der Waals surface area contributed by atoms with E-state index in [1.165, 1.54) is 0 Å². The number of unbranched alkanes of at least 4 members (excludes halogenated alkanes) is 1. The van der Waals surface area contributed by atoms with Gasteiger partial charge in [-0.25, -0.2) is 0 Å². The van der Waals surface area contributed by atoms with Crippen LogP contribution in [0.5, 0.6) is 0 Å². The minimum absolute atomic E-state index is 0.112. The molecule has 0 aliphatic heterocycles. The van der Waals surface area contributed by atoms with Gasteiger partial charge in [-0.2, -0.15) is 13.2 Å². The van der Waals surface area contributed by atoms with E-state index in [1.54, 1.807) is 6.92 Å². The van der Waals surface area contributed by atoms with E-state index in [4.69, 9.17) is 5.73 Å². The lowest BCUT2D eigenvalue weighted by atomic mass is 9.88. The molecule has 0 aromatic rings. The zero-order valence-corrected chi connectivity index (χ0v) is 9.17. The molecule has 0 bridgehead atoms. The summed E-state index contributed by atoms with van der Waals surface area (Å²) in [5.74, 6) is -1.28. The van der Waals surface area contributed by atoms with E-state index < -0.39 is 30.2 Å². The van der Waals surface area contributed by atoms with Crippen LogP contribution < -0.4 is 5.73 Å². The molecule has 0 saturated carbocycles. The smallest absolute Gasteiger partial charge is 0.419 e. The van der Waals surface area contributed by atoms with Gasteiger partial charge in [-0.05, 0) is 6.42 Å². The van der Waals surface area contributed by atoms with Gasteiger partial charge in [0.15, 0.2) is 5.60 Å². The Labute approximate surface area is 91.6 Å². The Hall–Kier alpha value is -0.820. The Morgan fingerprint density at radius 1 is 1.50 bits per heavy atom. The minimum Gasteiger partial charge on any atom is -0.468 e. The van der Waals surface area contributed by atoms with Crippen LogP contribution in [-0.2, 0) is 9.53 Å². The maximum atomic E-state index is 12.6. The molecule has 96 valence electrons. The average Bonchev–Trinajstić information content (AvgIpc) is 2.21. The third-order valence-electron chi connectivity index (χ3n) is 2.37. The number of carbonyl (C=O) groups is 1. The standard InChI is InChI=1S/C9H16F3NO3/c1-3-4-5-8(15,9(10,11)12)6(13)7(14)16-2/h6,15H,3-5,13H2,1-2H3/t6-,8-/m0/s1. The lowest BCUT2D eigenvalue weighted by Crippen LogP contribution is -2.61. The van der Waals surface area contributed by atoms with Crippen LogP contribution in [0.2, 0.25) is 0 Å². The maximum Gasteiger partial charge on any atom is 0.419 e. The summed E-state index contributed by atoms with van der Waals surface area (Å²) in [4.78, 5) is 11.0. The van der Waals surface area contributed by atoms with E-state index in [1.807, 2.05) is 0 Å². The molecule has 0 aromatic carbocycles. The number of hydrogen-bond acceptors (Lipinski definition) is 4. The van der Waals surface area contributed by atoms with Gasteiger partial charge in [-0.15, -0.1) is 0 Å². The van der Waals surface area contributed by atoms with Crippen molar-refractivity contribution in [3.63, 3.8) is 0 Å². The summed E-state index contributed by atoms with van der Waals surface area (Å²) in [5.41, 5.74) is 1.86. The molecule has 0 rings (SSSR count). The van der Waals surface area contributed by atoms with Crippen molar-refractivity contribution < 1.29 is 27.8 Å². The van der Waals surface area contributed by atoms with Gasteiger partial charge in [0.1, 0.15) is 6.04 Å². The van der Waals surface area contributed by atoms with Crippen molar-refractivity contribution in [3.8, 4) is 0 Å². The molecule has 4 nitrogen and oxygen atoms in total. The van der Waals surface area contributed by atoms with E-state index in [2.05, 4.69) is 4.74 Å². The lowest BCUT2D eigenvalue weighted by Gasteiger charge is -2.33. The average molecular weight is 243 g/mol. The first-order valence-corrected chi connectivity index (χ1v) is 4.83. The molecule has 0 fully saturated rings. The van der Waals surface area contributed by atoms with Gasteiger partial charge in [0.2, 0.25) is 0 Å². The van der Waals surface area contributed by atoms with Gasteiger partial charge >= 0.3 is 12.1 Å². The van der Waals surface area contributed by atoms with Gasteiger partial charge in [0.05, 0.1) is 7.11 Å². The van der Waals surface area contributed by atoms with Crippen LogP contribution in [0, 0.1) is 0 Å². The number of alkyl halides is 3. The number of methoxy groups -OCH3 is 1. The van der Waals surface area contributed by atoms with Crippen LogP contribution in [0.1, 0.15) is 26.2 Å². The third-order valence-corrected chi connectivity index (χ3v) is 2.37. The Kier molecular flexibility index (Phi) is 5.21. The van der Waals surface area contributed by atoms with Crippen LogP contribution in [-0.4, -0.2) is 36.0 Å². The van der Waals surface area contributed by atoms with Crippen LogP contribution in [0.25, 0.3) is 0 Å². The zero-order valence-electron chi connectivity index (χ0n) is 9.17. The predicted octanol–water partition coefficient (Wildman–Crippen LogP) is 0.970. The molecule has 0 aromatic heterocycles. The Morgan fingerprint density at radius 3 is 2.31 bits per heavy atom. The molecule has 0 unspecified atom stereocenters. The van der Waals surface area contributed by atoms with Crippen molar-refractivity contribution in [2.75, 3.05) is 7.11 Å². The Balaban J connectivity index is 4.99. The molecule has 0 radical (unpaired) electrons. The van der Waals surface area contributed by atoms with E-state index in [0.29, 0.717) is 6.42 Å². The van der Waals surface area contributed by atoms with Crippen LogP contribution in [0.15, 0.2) is 0 Å². The number of ether oxygens (including phenoxy) is 1.